The number of benzene rings is 1. The summed E-state index contributed by atoms with van der Waals surface area (Å²) in [5.74, 6) is 1.03. The molecule has 3 heterocycles. The first-order valence-electron chi connectivity index (χ1n) is 10.7. The molecule has 1 unspecified atom stereocenters. The molecule has 1 fully saturated rings. The van der Waals surface area contributed by atoms with Crippen LogP contribution in [0.5, 0.6) is 5.75 Å². The van der Waals surface area contributed by atoms with Gasteiger partial charge in [-0.15, -0.1) is 0 Å². The number of carbonyl (C=O) groups is 2. The first-order chi connectivity index (χ1) is 14.5. The topological polar surface area (TPSA) is 71.5 Å². The van der Waals surface area contributed by atoms with E-state index in [9.17, 15) is 9.59 Å². The smallest absolute Gasteiger partial charge is 0.272 e. The number of hydrogen-bond donors (Lipinski definition) is 1. The number of likely N-dealkylation sites (tertiary alicyclic amines) is 1. The molecule has 6 nitrogen and oxygen atoms in total. The molecule has 2 aliphatic heterocycles. The van der Waals surface area contributed by atoms with Gasteiger partial charge in [0.2, 0.25) is 5.91 Å². The number of para-hydroxylation sites is 1. The summed E-state index contributed by atoms with van der Waals surface area (Å²) in [4.78, 5) is 31.3. The van der Waals surface area contributed by atoms with Crippen molar-refractivity contribution in [2.75, 3.05) is 13.1 Å². The Morgan fingerprint density at radius 2 is 1.90 bits per heavy atom. The minimum absolute atomic E-state index is 0.0329. The zero-order valence-electron chi connectivity index (χ0n) is 17.6. The summed E-state index contributed by atoms with van der Waals surface area (Å²) >= 11 is 0. The Morgan fingerprint density at radius 1 is 1.17 bits per heavy atom. The number of hydrogen-bond acceptors (Lipinski definition) is 4. The molecule has 1 saturated heterocycles. The maximum absolute atomic E-state index is 12.8. The molecule has 6 heteroatoms. The number of carbonyl (C=O) groups excluding carboxylic acids is 2. The Labute approximate surface area is 177 Å². The van der Waals surface area contributed by atoms with Gasteiger partial charge in [0.05, 0.1) is 0 Å². The lowest BCUT2D eigenvalue weighted by Gasteiger charge is -2.46. The molecule has 2 amide bonds. The van der Waals surface area contributed by atoms with E-state index in [-0.39, 0.29) is 29.4 Å². The van der Waals surface area contributed by atoms with Gasteiger partial charge in [-0.2, -0.15) is 0 Å². The first-order valence-corrected chi connectivity index (χ1v) is 10.7. The SMILES string of the molecule is CC(C)NC(=O)CC1CC2(CCN(C(=O)c3ccccn3)CC2)Oc2ccccc21. The molecule has 1 aromatic heterocycles. The zero-order chi connectivity index (χ0) is 21.1. The van der Waals surface area contributed by atoms with Crippen molar-refractivity contribution in [1.82, 2.24) is 15.2 Å². The number of nitrogens with zero attached hydrogens (tertiary/aromatic N) is 2. The monoisotopic (exact) mass is 407 g/mol. The van der Waals surface area contributed by atoms with Crippen LogP contribution in [-0.4, -0.2) is 46.4 Å². The third kappa shape index (κ3) is 4.32. The van der Waals surface area contributed by atoms with E-state index >= 15 is 0 Å². The van der Waals surface area contributed by atoms with Gasteiger partial charge in [0.15, 0.2) is 0 Å². The van der Waals surface area contributed by atoms with Gasteiger partial charge in [-0.25, -0.2) is 0 Å². The van der Waals surface area contributed by atoms with Crippen LogP contribution in [0.2, 0.25) is 0 Å². The molecule has 1 N–H and O–H groups in total. The molecule has 1 aromatic carbocycles. The number of rotatable bonds is 4. The summed E-state index contributed by atoms with van der Waals surface area (Å²) in [6, 6.07) is 13.6. The summed E-state index contributed by atoms with van der Waals surface area (Å²) in [5, 5.41) is 3.01. The molecule has 30 heavy (non-hydrogen) atoms. The predicted octanol–water partition coefficient (Wildman–Crippen LogP) is 3.54. The van der Waals surface area contributed by atoms with Crippen LogP contribution < -0.4 is 10.1 Å². The number of aromatic nitrogens is 1. The first kappa shape index (κ1) is 20.4. The number of nitrogens with one attached hydrogen (secondary N) is 1. The van der Waals surface area contributed by atoms with Gasteiger partial charge in [-0.05, 0) is 44.0 Å². The van der Waals surface area contributed by atoms with Crippen LogP contribution in [-0.2, 0) is 4.79 Å². The summed E-state index contributed by atoms with van der Waals surface area (Å²) in [6.45, 7) is 5.21. The van der Waals surface area contributed by atoms with Crippen LogP contribution in [0.4, 0.5) is 0 Å². The quantitative estimate of drug-likeness (QED) is 0.842. The van der Waals surface area contributed by atoms with Crippen molar-refractivity contribution in [2.24, 2.45) is 0 Å². The van der Waals surface area contributed by atoms with Crippen molar-refractivity contribution in [3.05, 3.63) is 59.9 Å². The Balaban J connectivity index is 1.48. The second-order valence-corrected chi connectivity index (χ2v) is 8.66. The highest BCUT2D eigenvalue weighted by Crippen LogP contribution is 2.46. The molecule has 0 radical (unpaired) electrons. The van der Waals surface area contributed by atoms with E-state index in [4.69, 9.17) is 4.74 Å². The Kier molecular flexibility index (Phi) is 5.75. The number of pyridine rings is 1. The largest absolute Gasteiger partial charge is 0.487 e. The second-order valence-electron chi connectivity index (χ2n) is 8.66. The van der Waals surface area contributed by atoms with Crippen molar-refractivity contribution >= 4 is 11.8 Å². The van der Waals surface area contributed by atoms with Gasteiger partial charge in [-0.1, -0.05) is 24.3 Å². The highest BCUT2D eigenvalue weighted by molar-refractivity contribution is 5.92. The molecular weight excluding hydrogens is 378 g/mol. The van der Waals surface area contributed by atoms with E-state index in [1.807, 2.05) is 49.1 Å². The molecule has 4 rings (SSSR count). The van der Waals surface area contributed by atoms with E-state index in [1.165, 1.54) is 0 Å². The molecule has 0 bridgehead atoms. The van der Waals surface area contributed by atoms with Crippen molar-refractivity contribution in [3.8, 4) is 5.75 Å². The fourth-order valence-corrected chi connectivity index (χ4v) is 4.61. The van der Waals surface area contributed by atoms with E-state index in [2.05, 4.69) is 16.4 Å². The van der Waals surface area contributed by atoms with Crippen LogP contribution in [0.3, 0.4) is 0 Å². The third-order valence-electron chi connectivity index (χ3n) is 6.03. The molecule has 2 aromatic rings. The fourth-order valence-electron chi connectivity index (χ4n) is 4.61. The van der Waals surface area contributed by atoms with Crippen molar-refractivity contribution in [1.29, 1.82) is 0 Å². The maximum Gasteiger partial charge on any atom is 0.272 e. The van der Waals surface area contributed by atoms with Crippen LogP contribution in [0.25, 0.3) is 0 Å². The van der Waals surface area contributed by atoms with Crippen molar-refractivity contribution < 1.29 is 14.3 Å². The van der Waals surface area contributed by atoms with Gasteiger partial charge in [0.1, 0.15) is 17.0 Å². The molecule has 0 saturated carbocycles. The number of amides is 2. The minimum Gasteiger partial charge on any atom is -0.487 e. The Bertz CT molecular complexity index is 905. The summed E-state index contributed by atoms with van der Waals surface area (Å²) < 4.78 is 6.50. The zero-order valence-corrected chi connectivity index (χ0v) is 17.6. The highest BCUT2D eigenvalue weighted by Gasteiger charge is 2.44. The van der Waals surface area contributed by atoms with E-state index < -0.39 is 0 Å². The Morgan fingerprint density at radius 3 is 2.60 bits per heavy atom. The lowest BCUT2D eigenvalue weighted by molar-refractivity contribution is -0.122. The van der Waals surface area contributed by atoms with Crippen LogP contribution in [0, 0.1) is 0 Å². The number of fused-ring (bicyclic) bond motifs is 1. The third-order valence-corrected chi connectivity index (χ3v) is 6.03. The summed E-state index contributed by atoms with van der Waals surface area (Å²) in [5.41, 5.74) is 1.25. The van der Waals surface area contributed by atoms with Crippen molar-refractivity contribution in [2.45, 2.75) is 57.1 Å². The highest BCUT2D eigenvalue weighted by atomic mass is 16.5. The molecular formula is C24H29N3O3. The molecule has 2 aliphatic rings. The number of piperidine rings is 1. The average molecular weight is 408 g/mol. The van der Waals surface area contributed by atoms with Gasteiger partial charge in [0, 0.05) is 50.5 Å². The molecule has 1 spiro atoms. The standard InChI is InChI=1S/C24H29N3O3/c1-17(2)26-22(28)15-18-16-24(30-21-9-4-3-7-19(18)21)10-13-27(14-11-24)23(29)20-8-5-6-12-25-20/h3-9,12,17-18H,10-11,13-16H2,1-2H3,(H,26,28). The normalized spacial score (nSPS) is 19.8. The maximum atomic E-state index is 12.8. The van der Waals surface area contributed by atoms with Crippen molar-refractivity contribution in [3.63, 3.8) is 0 Å². The van der Waals surface area contributed by atoms with E-state index in [0.717, 1.165) is 30.6 Å². The van der Waals surface area contributed by atoms with Crippen LogP contribution in [0.1, 0.15) is 61.5 Å². The second kappa shape index (κ2) is 8.46. The lowest BCUT2D eigenvalue weighted by atomic mass is 9.76. The summed E-state index contributed by atoms with van der Waals surface area (Å²) in [7, 11) is 0. The molecule has 0 aliphatic carbocycles. The summed E-state index contributed by atoms with van der Waals surface area (Å²) in [6.07, 6.45) is 4.40. The van der Waals surface area contributed by atoms with Gasteiger partial charge in [-0.3, -0.25) is 14.6 Å². The molecule has 1 atom stereocenters. The molecule has 158 valence electrons. The van der Waals surface area contributed by atoms with Gasteiger partial charge in [0.25, 0.3) is 5.91 Å². The van der Waals surface area contributed by atoms with E-state index in [1.54, 1.807) is 12.3 Å². The van der Waals surface area contributed by atoms with Crippen LogP contribution in [0.15, 0.2) is 48.7 Å². The lowest BCUT2D eigenvalue weighted by Crippen LogP contribution is -2.52. The predicted molar refractivity (Wildman–Crippen MR) is 114 cm³/mol. The Hall–Kier alpha value is -2.89. The van der Waals surface area contributed by atoms with Gasteiger partial charge >= 0.3 is 0 Å². The van der Waals surface area contributed by atoms with Crippen LogP contribution >= 0.6 is 0 Å². The number of ether oxygens (including phenoxy) is 1. The average Bonchev–Trinajstić information content (AvgIpc) is 2.74. The minimum atomic E-state index is -0.335. The van der Waals surface area contributed by atoms with Gasteiger partial charge < -0.3 is 15.0 Å². The fraction of sp³-hybridized carbons (Fsp3) is 0.458. The van der Waals surface area contributed by atoms with E-state index in [0.29, 0.717) is 25.2 Å².